The molecule has 0 saturated heterocycles. The van der Waals surface area contributed by atoms with Crippen molar-refractivity contribution in [3.8, 4) is 5.75 Å². The smallest absolute Gasteiger partial charge is 0.271 e. The number of aromatic nitrogens is 2. The van der Waals surface area contributed by atoms with Crippen molar-refractivity contribution in [2.75, 3.05) is 26.2 Å². The Labute approximate surface area is 137 Å². The van der Waals surface area contributed by atoms with Crippen molar-refractivity contribution < 1.29 is 9.53 Å². The largest absolute Gasteiger partial charge is 0.471 e. The predicted molar refractivity (Wildman–Crippen MR) is 89.4 cm³/mol. The highest BCUT2D eigenvalue weighted by Gasteiger charge is 2.09. The summed E-state index contributed by atoms with van der Waals surface area (Å²) in [4.78, 5) is 14.3. The van der Waals surface area contributed by atoms with Gasteiger partial charge in [-0.3, -0.25) is 4.79 Å². The van der Waals surface area contributed by atoms with Gasteiger partial charge in [0.1, 0.15) is 11.4 Å². The highest BCUT2D eigenvalue weighted by Crippen LogP contribution is 2.09. The van der Waals surface area contributed by atoms with Gasteiger partial charge in [-0.1, -0.05) is 32.0 Å². The third kappa shape index (κ3) is 5.41. The summed E-state index contributed by atoms with van der Waals surface area (Å²) < 4.78 is 7.19. The second kappa shape index (κ2) is 8.95. The van der Waals surface area contributed by atoms with Gasteiger partial charge in [0.15, 0.2) is 6.73 Å². The minimum atomic E-state index is -0.157. The van der Waals surface area contributed by atoms with Gasteiger partial charge in [0.2, 0.25) is 0 Å². The van der Waals surface area contributed by atoms with Crippen LogP contribution in [-0.2, 0) is 6.73 Å². The number of nitrogens with zero attached hydrogens (tertiary/aromatic N) is 3. The van der Waals surface area contributed by atoms with Crippen LogP contribution in [0.2, 0.25) is 0 Å². The molecular weight excluding hydrogens is 292 g/mol. The average Bonchev–Trinajstić information content (AvgIpc) is 3.07. The van der Waals surface area contributed by atoms with Crippen LogP contribution in [0.3, 0.4) is 0 Å². The van der Waals surface area contributed by atoms with E-state index in [1.165, 1.54) is 0 Å². The van der Waals surface area contributed by atoms with Gasteiger partial charge in [-0.15, -0.1) is 0 Å². The van der Waals surface area contributed by atoms with Gasteiger partial charge in [-0.05, 0) is 31.3 Å². The first-order valence-electron chi connectivity index (χ1n) is 7.94. The van der Waals surface area contributed by atoms with E-state index in [1.54, 1.807) is 16.9 Å². The third-order valence-electron chi connectivity index (χ3n) is 3.59. The molecule has 6 nitrogen and oxygen atoms in total. The normalized spacial score (nSPS) is 10.7. The van der Waals surface area contributed by atoms with Gasteiger partial charge < -0.3 is 15.0 Å². The topological polar surface area (TPSA) is 59.4 Å². The lowest BCUT2D eigenvalue weighted by Crippen LogP contribution is -2.35. The second-order valence-electron chi connectivity index (χ2n) is 5.11. The van der Waals surface area contributed by atoms with Crippen LogP contribution < -0.4 is 10.1 Å². The number of ether oxygens (including phenoxy) is 1. The Bertz CT molecular complexity index is 594. The molecule has 0 radical (unpaired) electrons. The number of hydrogen-bond acceptors (Lipinski definition) is 4. The molecule has 124 valence electrons. The summed E-state index contributed by atoms with van der Waals surface area (Å²) in [5.74, 6) is 0.615. The molecule has 2 aromatic rings. The van der Waals surface area contributed by atoms with Crippen molar-refractivity contribution in [2.45, 2.75) is 20.6 Å². The van der Waals surface area contributed by atoms with Crippen molar-refractivity contribution >= 4 is 5.91 Å². The molecule has 1 N–H and O–H groups in total. The summed E-state index contributed by atoms with van der Waals surface area (Å²) in [6, 6.07) is 11.2. The Morgan fingerprint density at radius 1 is 1.22 bits per heavy atom. The number of hydrogen-bond donors (Lipinski definition) is 1. The first-order valence-corrected chi connectivity index (χ1v) is 7.94. The fourth-order valence-electron chi connectivity index (χ4n) is 2.17. The minimum Gasteiger partial charge on any atom is -0.471 e. The van der Waals surface area contributed by atoms with E-state index < -0.39 is 0 Å². The van der Waals surface area contributed by atoms with Crippen LogP contribution in [0.5, 0.6) is 5.75 Å². The first-order chi connectivity index (χ1) is 11.2. The molecule has 0 spiro atoms. The number of para-hydroxylation sites is 1. The summed E-state index contributed by atoms with van der Waals surface area (Å²) in [6.45, 7) is 7.93. The van der Waals surface area contributed by atoms with E-state index in [0.717, 1.165) is 25.4 Å². The SMILES string of the molecule is CCN(CC)CCNC(=O)c1ccn(COc2ccccc2)n1. The maximum absolute atomic E-state index is 12.0. The molecule has 0 bridgehead atoms. The van der Waals surface area contributed by atoms with Crippen LogP contribution >= 0.6 is 0 Å². The Morgan fingerprint density at radius 2 is 1.96 bits per heavy atom. The van der Waals surface area contributed by atoms with Crippen LogP contribution in [0.1, 0.15) is 24.3 Å². The number of likely N-dealkylation sites (N-methyl/N-ethyl adjacent to an activating group) is 1. The molecule has 23 heavy (non-hydrogen) atoms. The van der Waals surface area contributed by atoms with Gasteiger partial charge >= 0.3 is 0 Å². The highest BCUT2D eigenvalue weighted by atomic mass is 16.5. The number of amides is 1. The lowest BCUT2D eigenvalue weighted by Gasteiger charge is -2.17. The van der Waals surface area contributed by atoms with Gasteiger partial charge in [0.25, 0.3) is 5.91 Å². The molecule has 0 aliphatic rings. The summed E-state index contributed by atoms with van der Waals surface area (Å²) >= 11 is 0. The van der Waals surface area contributed by atoms with Crippen molar-refractivity contribution in [1.29, 1.82) is 0 Å². The van der Waals surface area contributed by atoms with E-state index in [0.29, 0.717) is 12.2 Å². The van der Waals surface area contributed by atoms with Gasteiger partial charge in [-0.2, -0.15) is 5.10 Å². The predicted octanol–water partition coefficient (Wildman–Crippen LogP) is 1.99. The van der Waals surface area contributed by atoms with Gasteiger partial charge in [-0.25, -0.2) is 4.68 Å². The Balaban J connectivity index is 1.78. The van der Waals surface area contributed by atoms with E-state index >= 15 is 0 Å². The fraction of sp³-hybridized carbons (Fsp3) is 0.412. The van der Waals surface area contributed by atoms with E-state index in [2.05, 4.69) is 29.2 Å². The van der Waals surface area contributed by atoms with Crippen LogP contribution in [-0.4, -0.2) is 46.8 Å². The summed E-state index contributed by atoms with van der Waals surface area (Å²) in [5, 5.41) is 7.12. The molecule has 0 fully saturated rings. The molecule has 0 aliphatic heterocycles. The standard InChI is InChI=1S/C17H24N4O2/c1-3-20(4-2)13-11-18-17(22)16-10-12-21(19-16)14-23-15-8-6-5-7-9-15/h5-10,12H,3-4,11,13-14H2,1-2H3,(H,18,22). The number of nitrogens with one attached hydrogen (secondary N) is 1. The zero-order chi connectivity index (χ0) is 16.5. The van der Waals surface area contributed by atoms with Crippen LogP contribution in [0.25, 0.3) is 0 Å². The van der Waals surface area contributed by atoms with E-state index in [1.807, 2.05) is 30.3 Å². The maximum atomic E-state index is 12.0. The maximum Gasteiger partial charge on any atom is 0.271 e. The highest BCUT2D eigenvalue weighted by molar-refractivity contribution is 5.92. The molecular formula is C17H24N4O2. The first kappa shape index (κ1) is 17.0. The van der Waals surface area contributed by atoms with Crippen LogP contribution in [0.4, 0.5) is 0 Å². The van der Waals surface area contributed by atoms with E-state index in [-0.39, 0.29) is 12.6 Å². The Hall–Kier alpha value is -2.34. The number of benzene rings is 1. The Kier molecular flexibility index (Phi) is 6.62. The van der Waals surface area contributed by atoms with E-state index in [4.69, 9.17) is 4.74 Å². The number of rotatable bonds is 9. The third-order valence-corrected chi connectivity index (χ3v) is 3.59. The molecule has 0 aliphatic carbocycles. The molecule has 1 amide bonds. The van der Waals surface area contributed by atoms with E-state index in [9.17, 15) is 4.79 Å². The van der Waals surface area contributed by atoms with Gasteiger partial charge in [0, 0.05) is 19.3 Å². The van der Waals surface area contributed by atoms with Crippen molar-refractivity contribution in [3.63, 3.8) is 0 Å². The lowest BCUT2D eigenvalue weighted by molar-refractivity contribution is 0.0942. The molecule has 0 atom stereocenters. The second-order valence-corrected chi connectivity index (χ2v) is 5.11. The van der Waals surface area contributed by atoms with Crippen LogP contribution in [0.15, 0.2) is 42.6 Å². The summed E-state index contributed by atoms with van der Waals surface area (Å²) in [6.07, 6.45) is 1.74. The minimum absolute atomic E-state index is 0.157. The number of carbonyl (C=O) groups is 1. The molecule has 0 saturated carbocycles. The molecule has 2 rings (SSSR count). The molecule has 1 aromatic carbocycles. The fourth-order valence-corrected chi connectivity index (χ4v) is 2.17. The summed E-state index contributed by atoms with van der Waals surface area (Å²) in [5.41, 5.74) is 0.404. The molecule has 1 heterocycles. The average molecular weight is 316 g/mol. The number of carbonyl (C=O) groups excluding carboxylic acids is 1. The quantitative estimate of drug-likeness (QED) is 0.768. The monoisotopic (exact) mass is 316 g/mol. The van der Waals surface area contributed by atoms with Gasteiger partial charge in [0.05, 0.1) is 0 Å². The Morgan fingerprint density at radius 3 is 2.65 bits per heavy atom. The van der Waals surface area contributed by atoms with Crippen molar-refractivity contribution in [2.24, 2.45) is 0 Å². The molecule has 0 unspecified atom stereocenters. The summed E-state index contributed by atoms with van der Waals surface area (Å²) in [7, 11) is 0. The van der Waals surface area contributed by atoms with Crippen molar-refractivity contribution in [1.82, 2.24) is 20.0 Å². The lowest BCUT2D eigenvalue weighted by atomic mass is 10.3. The van der Waals surface area contributed by atoms with Crippen molar-refractivity contribution in [3.05, 3.63) is 48.3 Å². The molecule has 1 aromatic heterocycles. The van der Waals surface area contributed by atoms with Crippen LogP contribution in [0, 0.1) is 0 Å². The zero-order valence-corrected chi connectivity index (χ0v) is 13.7. The zero-order valence-electron chi connectivity index (χ0n) is 13.7. The molecule has 6 heteroatoms.